The lowest BCUT2D eigenvalue weighted by Crippen LogP contribution is -2.50. The Balaban J connectivity index is 4.95. The molecule has 0 fully saturated rings. The zero-order valence-corrected chi connectivity index (χ0v) is 15.7. The molecule has 1 atom stereocenters. The summed E-state index contributed by atoms with van der Waals surface area (Å²) in [5.41, 5.74) is 1.44. The molecule has 0 aliphatic rings. The van der Waals surface area contributed by atoms with E-state index in [1.165, 1.54) is 5.71 Å². The largest absolute Gasteiger partial charge is 0.393 e. The van der Waals surface area contributed by atoms with Gasteiger partial charge >= 0.3 is 8.56 Å². The Labute approximate surface area is 127 Å². The van der Waals surface area contributed by atoms with Crippen LogP contribution >= 0.6 is 0 Å². The van der Waals surface area contributed by atoms with Gasteiger partial charge in [-0.05, 0) is 45.1 Å². The van der Waals surface area contributed by atoms with Crippen molar-refractivity contribution in [1.29, 1.82) is 0 Å². The van der Waals surface area contributed by atoms with Gasteiger partial charge in [0.15, 0.2) is 0 Å². The SMILES string of the molecule is CCCO[Si](C)(OCCC)C(CC)N=C(C)CC(C)C. The number of rotatable bonds is 11. The standard InChI is InChI=1S/C16H35NO2Si/c1-8-11-18-20(7,19-12-9-2)16(10-3)17-15(6)13-14(4)5/h14,16H,8-13H2,1-7H3. The van der Waals surface area contributed by atoms with Crippen molar-refractivity contribution >= 4 is 14.3 Å². The predicted octanol–water partition coefficient (Wildman–Crippen LogP) is 4.74. The molecule has 3 nitrogen and oxygen atoms in total. The quantitative estimate of drug-likeness (QED) is 0.408. The molecule has 1 unspecified atom stereocenters. The first kappa shape index (κ1) is 19.8. The monoisotopic (exact) mass is 301 g/mol. The van der Waals surface area contributed by atoms with Gasteiger partial charge in [0.1, 0.15) is 0 Å². The molecule has 0 radical (unpaired) electrons. The van der Waals surface area contributed by atoms with Gasteiger partial charge in [-0.15, -0.1) is 0 Å². The normalized spacial score (nSPS) is 14.9. The first-order chi connectivity index (χ1) is 9.39. The maximum atomic E-state index is 6.15. The van der Waals surface area contributed by atoms with Gasteiger partial charge in [-0.1, -0.05) is 34.6 Å². The van der Waals surface area contributed by atoms with Crippen LogP contribution in [0.3, 0.4) is 0 Å². The molecule has 0 saturated heterocycles. The van der Waals surface area contributed by atoms with Crippen LogP contribution in [-0.4, -0.2) is 33.2 Å². The van der Waals surface area contributed by atoms with Crippen LogP contribution in [0.5, 0.6) is 0 Å². The number of nitrogens with zero attached hydrogens (tertiary/aromatic N) is 1. The summed E-state index contributed by atoms with van der Waals surface area (Å²) >= 11 is 0. The van der Waals surface area contributed by atoms with E-state index in [0.29, 0.717) is 5.92 Å². The first-order valence-corrected chi connectivity index (χ1v) is 10.6. The first-order valence-electron chi connectivity index (χ1n) is 8.20. The Hall–Kier alpha value is -0.193. The van der Waals surface area contributed by atoms with Crippen LogP contribution in [0, 0.1) is 5.92 Å². The molecule has 0 spiro atoms. The fourth-order valence-electron chi connectivity index (χ4n) is 2.33. The highest BCUT2D eigenvalue weighted by molar-refractivity contribution is 6.68. The molecule has 0 N–H and O–H groups in total. The highest BCUT2D eigenvalue weighted by Crippen LogP contribution is 2.20. The minimum atomic E-state index is -2.22. The smallest absolute Gasteiger partial charge is 0.360 e. The molecule has 120 valence electrons. The molecule has 0 bridgehead atoms. The molecule has 0 aromatic carbocycles. The van der Waals surface area contributed by atoms with Crippen molar-refractivity contribution in [2.24, 2.45) is 10.9 Å². The molecule has 0 rings (SSSR count). The van der Waals surface area contributed by atoms with E-state index in [1.807, 2.05) is 0 Å². The van der Waals surface area contributed by atoms with E-state index in [9.17, 15) is 0 Å². The Morgan fingerprint density at radius 1 is 1.05 bits per heavy atom. The van der Waals surface area contributed by atoms with E-state index >= 15 is 0 Å². The zero-order valence-electron chi connectivity index (χ0n) is 14.7. The van der Waals surface area contributed by atoms with E-state index in [-0.39, 0.29) is 5.67 Å². The van der Waals surface area contributed by atoms with Gasteiger partial charge in [-0.2, -0.15) is 0 Å². The number of hydrogen-bond donors (Lipinski definition) is 0. The zero-order chi connectivity index (χ0) is 15.6. The van der Waals surface area contributed by atoms with E-state index < -0.39 is 8.56 Å². The van der Waals surface area contributed by atoms with Gasteiger partial charge in [-0.25, -0.2) is 0 Å². The topological polar surface area (TPSA) is 30.8 Å². The molecule has 0 aromatic heterocycles. The molecule has 20 heavy (non-hydrogen) atoms. The van der Waals surface area contributed by atoms with Gasteiger partial charge in [0.2, 0.25) is 0 Å². The molecule has 4 heteroatoms. The van der Waals surface area contributed by atoms with Crippen molar-refractivity contribution in [3.8, 4) is 0 Å². The van der Waals surface area contributed by atoms with Crippen molar-refractivity contribution < 1.29 is 8.85 Å². The number of hydrogen-bond acceptors (Lipinski definition) is 3. The molecule has 0 aliphatic carbocycles. The fourth-order valence-corrected chi connectivity index (χ4v) is 5.22. The summed E-state index contributed by atoms with van der Waals surface area (Å²) in [4.78, 5) is 4.94. The van der Waals surface area contributed by atoms with Crippen LogP contribution in [0.15, 0.2) is 4.99 Å². The third-order valence-corrected chi connectivity index (χ3v) is 6.56. The van der Waals surface area contributed by atoms with E-state index in [4.69, 9.17) is 13.8 Å². The third kappa shape index (κ3) is 7.55. The Bertz CT molecular complexity index is 272. The van der Waals surface area contributed by atoms with E-state index in [0.717, 1.165) is 38.9 Å². The van der Waals surface area contributed by atoms with Crippen molar-refractivity contribution in [1.82, 2.24) is 0 Å². The summed E-state index contributed by atoms with van der Waals surface area (Å²) in [7, 11) is -2.22. The van der Waals surface area contributed by atoms with Gasteiger partial charge in [0.25, 0.3) is 0 Å². The maximum Gasteiger partial charge on any atom is 0.360 e. The fraction of sp³-hybridized carbons (Fsp3) is 0.938. The summed E-state index contributed by atoms with van der Waals surface area (Å²) in [5, 5.41) is 0. The second kappa shape index (κ2) is 10.5. The lowest BCUT2D eigenvalue weighted by Gasteiger charge is -2.32. The molecule has 0 heterocycles. The van der Waals surface area contributed by atoms with Crippen molar-refractivity contribution in [2.45, 2.75) is 79.4 Å². The lowest BCUT2D eigenvalue weighted by molar-refractivity contribution is 0.164. The van der Waals surface area contributed by atoms with Crippen molar-refractivity contribution in [3.63, 3.8) is 0 Å². The minimum Gasteiger partial charge on any atom is -0.393 e. The second-order valence-electron chi connectivity index (χ2n) is 6.10. The molecule has 0 amide bonds. The van der Waals surface area contributed by atoms with Gasteiger partial charge in [0, 0.05) is 18.9 Å². The predicted molar refractivity (Wildman–Crippen MR) is 90.7 cm³/mol. The molecule has 0 aromatic rings. The van der Waals surface area contributed by atoms with Crippen LogP contribution in [0.2, 0.25) is 6.55 Å². The highest BCUT2D eigenvalue weighted by atomic mass is 28.4. The lowest BCUT2D eigenvalue weighted by atomic mass is 10.1. The van der Waals surface area contributed by atoms with Gasteiger partial charge < -0.3 is 8.85 Å². The average Bonchev–Trinajstić information content (AvgIpc) is 2.39. The van der Waals surface area contributed by atoms with Crippen LogP contribution in [0.4, 0.5) is 0 Å². The third-order valence-electron chi connectivity index (χ3n) is 3.26. The van der Waals surface area contributed by atoms with Crippen LogP contribution in [0.25, 0.3) is 0 Å². The molecule has 0 saturated carbocycles. The molecular weight excluding hydrogens is 266 g/mol. The summed E-state index contributed by atoms with van der Waals surface area (Å²) in [6.45, 7) is 16.8. The Morgan fingerprint density at radius 3 is 1.90 bits per heavy atom. The summed E-state index contributed by atoms with van der Waals surface area (Å²) in [6, 6.07) is 0. The average molecular weight is 302 g/mol. The van der Waals surface area contributed by atoms with Gasteiger partial charge in [0.05, 0.1) is 5.67 Å². The Morgan fingerprint density at radius 2 is 1.55 bits per heavy atom. The minimum absolute atomic E-state index is 0.208. The molecule has 0 aliphatic heterocycles. The van der Waals surface area contributed by atoms with Crippen molar-refractivity contribution in [2.75, 3.05) is 13.2 Å². The highest BCUT2D eigenvalue weighted by Gasteiger charge is 2.40. The number of aliphatic imine (C=N–C) groups is 1. The van der Waals surface area contributed by atoms with E-state index in [2.05, 4.69) is 48.1 Å². The van der Waals surface area contributed by atoms with Crippen molar-refractivity contribution in [3.05, 3.63) is 0 Å². The van der Waals surface area contributed by atoms with Crippen LogP contribution < -0.4 is 0 Å². The van der Waals surface area contributed by atoms with Crippen LogP contribution in [0.1, 0.15) is 67.2 Å². The maximum absolute atomic E-state index is 6.15. The van der Waals surface area contributed by atoms with Crippen LogP contribution in [-0.2, 0) is 8.85 Å². The summed E-state index contributed by atoms with van der Waals surface area (Å²) in [5.74, 6) is 0.650. The molecular formula is C16H35NO2Si. The Kier molecular flexibility index (Phi) is 10.4. The summed E-state index contributed by atoms with van der Waals surface area (Å²) in [6.07, 6.45) is 4.11. The van der Waals surface area contributed by atoms with Gasteiger partial charge in [-0.3, -0.25) is 4.99 Å². The van der Waals surface area contributed by atoms with E-state index in [1.54, 1.807) is 0 Å². The second-order valence-corrected chi connectivity index (χ2v) is 9.37. The summed E-state index contributed by atoms with van der Waals surface area (Å²) < 4.78 is 12.3.